The summed E-state index contributed by atoms with van der Waals surface area (Å²) in [5.41, 5.74) is 0.253. The van der Waals surface area contributed by atoms with Gasteiger partial charge in [-0.15, -0.1) is 0 Å². The van der Waals surface area contributed by atoms with Crippen molar-refractivity contribution in [1.29, 1.82) is 0 Å². The first-order chi connectivity index (χ1) is 8.27. The molecule has 0 atom stereocenters. The molecule has 4 nitrogen and oxygen atoms in total. The standard InChI is InChI=1S/C13H18N2O2/c16-13(17)11-7-4-8-14-12(11)15-9-10-5-2-1-3-6-10/h4,7-8,10H,1-3,5-6,9H2,(H,14,15)(H,16,17). The molecule has 0 unspecified atom stereocenters. The van der Waals surface area contributed by atoms with Gasteiger partial charge in [0.1, 0.15) is 11.4 Å². The van der Waals surface area contributed by atoms with Gasteiger partial charge in [-0.2, -0.15) is 0 Å². The summed E-state index contributed by atoms with van der Waals surface area (Å²) in [7, 11) is 0. The lowest BCUT2D eigenvalue weighted by molar-refractivity contribution is 0.0697. The number of hydrogen-bond acceptors (Lipinski definition) is 3. The number of rotatable bonds is 4. The van der Waals surface area contributed by atoms with Gasteiger partial charge in [0.15, 0.2) is 0 Å². The summed E-state index contributed by atoms with van der Waals surface area (Å²) >= 11 is 0. The van der Waals surface area contributed by atoms with Gasteiger partial charge in [0.25, 0.3) is 0 Å². The Balaban J connectivity index is 1.96. The summed E-state index contributed by atoms with van der Waals surface area (Å²) in [6, 6.07) is 3.23. The number of pyridine rings is 1. The lowest BCUT2D eigenvalue weighted by Crippen LogP contribution is -2.19. The van der Waals surface area contributed by atoms with Crippen LogP contribution < -0.4 is 5.32 Å². The third kappa shape index (κ3) is 3.19. The van der Waals surface area contributed by atoms with Gasteiger partial charge >= 0.3 is 5.97 Å². The predicted octanol–water partition coefficient (Wildman–Crippen LogP) is 2.77. The first kappa shape index (κ1) is 11.9. The SMILES string of the molecule is O=C(O)c1cccnc1NCC1CCCCC1. The maximum atomic E-state index is 11.0. The molecule has 1 fully saturated rings. The summed E-state index contributed by atoms with van der Waals surface area (Å²) in [6.07, 6.45) is 8.02. The van der Waals surface area contributed by atoms with E-state index in [0.717, 1.165) is 6.54 Å². The first-order valence-electron chi connectivity index (χ1n) is 6.19. The molecule has 92 valence electrons. The second kappa shape index (κ2) is 5.66. The molecule has 0 aromatic carbocycles. The normalized spacial score (nSPS) is 16.7. The highest BCUT2D eigenvalue weighted by Gasteiger charge is 2.15. The van der Waals surface area contributed by atoms with Gasteiger partial charge in [0.05, 0.1) is 0 Å². The number of carboxylic acids is 1. The number of hydrogen-bond donors (Lipinski definition) is 2. The molecule has 4 heteroatoms. The molecule has 1 aliphatic rings. The van der Waals surface area contributed by atoms with Gasteiger partial charge in [-0.1, -0.05) is 19.3 Å². The monoisotopic (exact) mass is 234 g/mol. The lowest BCUT2D eigenvalue weighted by Gasteiger charge is -2.22. The minimum absolute atomic E-state index is 0.253. The van der Waals surface area contributed by atoms with E-state index in [9.17, 15) is 4.79 Å². The van der Waals surface area contributed by atoms with E-state index in [2.05, 4.69) is 10.3 Å². The predicted molar refractivity (Wildman–Crippen MR) is 66.3 cm³/mol. The quantitative estimate of drug-likeness (QED) is 0.840. The number of aromatic carboxylic acids is 1. The van der Waals surface area contributed by atoms with Crippen molar-refractivity contribution in [3.63, 3.8) is 0 Å². The summed E-state index contributed by atoms with van der Waals surface area (Å²) < 4.78 is 0. The fourth-order valence-corrected chi connectivity index (χ4v) is 2.35. The van der Waals surface area contributed by atoms with Crippen molar-refractivity contribution >= 4 is 11.8 Å². The van der Waals surface area contributed by atoms with Crippen LogP contribution in [0.5, 0.6) is 0 Å². The van der Waals surface area contributed by atoms with E-state index in [4.69, 9.17) is 5.11 Å². The molecular formula is C13H18N2O2. The van der Waals surface area contributed by atoms with Crippen LogP contribution >= 0.6 is 0 Å². The van der Waals surface area contributed by atoms with Crippen molar-refractivity contribution in [3.05, 3.63) is 23.9 Å². The van der Waals surface area contributed by atoms with E-state index in [-0.39, 0.29) is 5.56 Å². The molecule has 17 heavy (non-hydrogen) atoms. The van der Waals surface area contributed by atoms with Crippen LogP contribution in [0.3, 0.4) is 0 Å². The van der Waals surface area contributed by atoms with Gasteiger partial charge < -0.3 is 10.4 Å². The molecule has 1 aromatic rings. The van der Waals surface area contributed by atoms with E-state index in [1.165, 1.54) is 32.1 Å². The van der Waals surface area contributed by atoms with Crippen LogP contribution in [0.1, 0.15) is 42.5 Å². The second-order valence-electron chi connectivity index (χ2n) is 4.59. The zero-order valence-electron chi connectivity index (χ0n) is 9.85. The number of carbonyl (C=O) groups is 1. The zero-order valence-corrected chi connectivity index (χ0v) is 9.85. The molecule has 0 amide bonds. The summed E-state index contributed by atoms with van der Waals surface area (Å²) in [4.78, 5) is 15.1. The largest absolute Gasteiger partial charge is 0.478 e. The van der Waals surface area contributed by atoms with E-state index < -0.39 is 5.97 Å². The molecule has 0 spiro atoms. The van der Waals surface area contributed by atoms with Crippen LogP contribution in [-0.2, 0) is 0 Å². The minimum atomic E-state index is -0.927. The topological polar surface area (TPSA) is 62.2 Å². The third-order valence-corrected chi connectivity index (χ3v) is 3.32. The van der Waals surface area contributed by atoms with Crippen LogP contribution in [0, 0.1) is 5.92 Å². The van der Waals surface area contributed by atoms with E-state index in [1.807, 2.05) is 0 Å². The van der Waals surface area contributed by atoms with Gasteiger partial charge in [0.2, 0.25) is 0 Å². The second-order valence-corrected chi connectivity index (χ2v) is 4.59. The fraction of sp³-hybridized carbons (Fsp3) is 0.538. The van der Waals surface area contributed by atoms with E-state index in [1.54, 1.807) is 18.3 Å². The summed E-state index contributed by atoms with van der Waals surface area (Å²) in [5.74, 6) is 0.224. The Hall–Kier alpha value is -1.58. The summed E-state index contributed by atoms with van der Waals surface area (Å²) in [6.45, 7) is 0.831. The molecule has 1 saturated carbocycles. The highest BCUT2D eigenvalue weighted by molar-refractivity contribution is 5.92. The molecule has 2 N–H and O–H groups in total. The third-order valence-electron chi connectivity index (χ3n) is 3.32. The Morgan fingerprint density at radius 3 is 2.88 bits per heavy atom. The number of aromatic nitrogens is 1. The van der Waals surface area contributed by atoms with Crippen molar-refractivity contribution in [3.8, 4) is 0 Å². The minimum Gasteiger partial charge on any atom is -0.478 e. The maximum absolute atomic E-state index is 11.0. The van der Waals surface area contributed by atoms with Crippen molar-refractivity contribution in [2.75, 3.05) is 11.9 Å². The molecule has 0 bridgehead atoms. The smallest absolute Gasteiger partial charge is 0.339 e. The van der Waals surface area contributed by atoms with Gasteiger partial charge in [0, 0.05) is 12.7 Å². The van der Waals surface area contributed by atoms with Crippen molar-refractivity contribution in [2.45, 2.75) is 32.1 Å². The molecule has 1 heterocycles. The van der Waals surface area contributed by atoms with Crippen LogP contribution in [0.2, 0.25) is 0 Å². The Kier molecular flexibility index (Phi) is 3.96. The van der Waals surface area contributed by atoms with E-state index >= 15 is 0 Å². The molecule has 0 radical (unpaired) electrons. The molecule has 1 aromatic heterocycles. The summed E-state index contributed by atoms with van der Waals surface area (Å²) in [5, 5.41) is 12.2. The molecule has 0 saturated heterocycles. The lowest BCUT2D eigenvalue weighted by atomic mass is 9.89. The van der Waals surface area contributed by atoms with Crippen LogP contribution in [0.15, 0.2) is 18.3 Å². The molecule has 1 aliphatic carbocycles. The maximum Gasteiger partial charge on any atom is 0.339 e. The highest BCUT2D eigenvalue weighted by atomic mass is 16.4. The molecule has 2 rings (SSSR count). The van der Waals surface area contributed by atoms with E-state index in [0.29, 0.717) is 11.7 Å². The molecular weight excluding hydrogens is 216 g/mol. The van der Waals surface area contributed by atoms with Crippen molar-refractivity contribution < 1.29 is 9.90 Å². The Labute approximate surface area is 101 Å². The Morgan fingerprint density at radius 2 is 2.18 bits per heavy atom. The van der Waals surface area contributed by atoms with Crippen molar-refractivity contribution in [2.24, 2.45) is 5.92 Å². The Morgan fingerprint density at radius 1 is 1.41 bits per heavy atom. The number of nitrogens with one attached hydrogen (secondary N) is 1. The number of nitrogens with zero attached hydrogens (tertiary/aromatic N) is 1. The zero-order chi connectivity index (χ0) is 12.1. The van der Waals surface area contributed by atoms with Crippen LogP contribution in [0.4, 0.5) is 5.82 Å². The highest BCUT2D eigenvalue weighted by Crippen LogP contribution is 2.24. The van der Waals surface area contributed by atoms with Gasteiger partial charge in [-0.25, -0.2) is 9.78 Å². The van der Waals surface area contributed by atoms with Crippen LogP contribution in [-0.4, -0.2) is 22.6 Å². The fourth-order valence-electron chi connectivity index (χ4n) is 2.35. The first-order valence-corrected chi connectivity index (χ1v) is 6.19. The average Bonchev–Trinajstić information content (AvgIpc) is 2.38. The average molecular weight is 234 g/mol. The Bertz CT molecular complexity index is 387. The molecule has 0 aliphatic heterocycles. The number of anilines is 1. The van der Waals surface area contributed by atoms with Gasteiger partial charge in [-0.05, 0) is 30.9 Å². The van der Waals surface area contributed by atoms with Gasteiger partial charge in [-0.3, -0.25) is 0 Å². The van der Waals surface area contributed by atoms with Crippen molar-refractivity contribution in [1.82, 2.24) is 4.98 Å². The van der Waals surface area contributed by atoms with Crippen LogP contribution in [0.25, 0.3) is 0 Å². The number of carboxylic acid groups (broad SMARTS) is 1.